The number of piperazine rings is 1. The molecule has 1 aliphatic heterocycles. The number of carbonyl (C=O) groups excluding carboxylic acids is 1. The SMILES string of the molecule is Cc1ccc(Cc2nsc(N3CCN(CCNC(=O)Nc4ccc(Cl)c(Cl)c4)CC3)n2)cc1. The number of amides is 2. The van der Waals surface area contributed by atoms with E-state index in [0.29, 0.717) is 22.3 Å². The van der Waals surface area contributed by atoms with Crippen LogP contribution in [-0.4, -0.2) is 59.6 Å². The number of halogens is 2. The van der Waals surface area contributed by atoms with Crippen molar-refractivity contribution in [2.24, 2.45) is 0 Å². The Bertz CT molecular complexity index is 1080. The summed E-state index contributed by atoms with van der Waals surface area (Å²) in [6, 6.07) is 13.2. The average molecular weight is 505 g/mol. The van der Waals surface area contributed by atoms with Crippen LogP contribution in [0.15, 0.2) is 42.5 Å². The predicted octanol–water partition coefficient (Wildman–Crippen LogP) is 4.69. The van der Waals surface area contributed by atoms with Crippen molar-refractivity contribution >= 4 is 51.6 Å². The number of urea groups is 1. The molecule has 1 fully saturated rings. The lowest BCUT2D eigenvalue weighted by Crippen LogP contribution is -2.48. The Labute approximate surface area is 207 Å². The Morgan fingerprint density at radius 1 is 1.06 bits per heavy atom. The monoisotopic (exact) mass is 504 g/mol. The van der Waals surface area contributed by atoms with Gasteiger partial charge in [0, 0.05) is 62.9 Å². The standard InChI is InChI=1S/C23H26Cl2N6OS/c1-16-2-4-17(5-3-16)14-21-28-23(33-29-21)31-12-10-30(11-13-31)9-8-26-22(32)27-18-6-7-19(24)20(25)15-18/h2-7,15H,8-14H2,1H3,(H2,26,27,32). The molecule has 0 aliphatic carbocycles. The highest BCUT2D eigenvalue weighted by molar-refractivity contribution is 7.09. The molecule has 0 atom stereocenters. The fraction of sp³-hybridized carbons (Fsp3) is 0.348. The zero-order valence-electron chi connectivity index (χ0n) is 18.4. The molecule has 33 heavy (non-hydrogen) atoms. The van der Waals surface area contributed by atoms with Crippen LogP contribution in [0, 0.1) is 6.92 Å². The minimum atomic E-state index is -0.262. The van der Waals surface area contributed by atoms with Crippen LogP contribution in [-0.2, 0) is 6.42 Å². The molecule has 2 N–H and O–H groups in total. The number of hydrogen-bond donors (Lipinski definition) is 2. The molecule has 2 amide bonds. The summed E-state index contributed by atoms with van der Waals surface area (Å²) < 4.78 is 4.55. The van der Waals surface area contributed by atoms with Gasteiger partial charge >= 0.3 is 6.03 Å². The summed E-state index contributed by atoms with van der Waals surface area (Å²) in [4.78, 5) is 21.5. The van der Waals surface area contributed by atoms with Crippen LogP contribution in [0.3, 0.4) is 0 Å². The van der Waals surface area contributed by atoms with Crippen molar-refractivity contribution < 1.29 is 4.79 Å². The number of benzene rings is 2. The molecule has 1 aromatic heterocycles. The normalized spacial score (nSPS) is 14.3. The van der Waals surface area contributed by atoms with Gasteiger partial charge in [0.2, 0.25) is 5.13 Å². The Morgan fingerprint density at radius 3 is 2.55 bits per heavy atom. The molecule has 0 spiro atoms. The molecular formula is C23H26Cl2N6OS. The molecule has 7 nitrogen and oxygen atoms in total. The molecule has 1 saturated heterocycles. The van der Waals surface area contributed by atoms with Gasteiger partial charge in [0.15, 0.2) is 0 Å². The molecule has 3 aromatic rings. The maximum atomic E-state index is 12.1. The van der Waals surface area contributed by atoms with Gasteiger partial charge in [-0.2, -0.15) is 4.37 Å². The second-order valence-corrected chi connectivity index (χ2v) is 9.54. The maximum absolute atomic E-state index is 12.1. The van der Waals surface area contributed by atoms with Crippen molar-refractivity contribution in [1.29, 1.82) is 0 Å². The van der Waals surface area contributed by atoms with Crippen molar-refractivity contribution in [3.8, 4) is 0 Å². The van der Waals surface area contributed by atoms with Gasteiger partial charge in [0.05, 0.1) is 10.0 Å². The predicted molar refractivity (Wildman–Crippen MR) is 136 cm³/mol. The van der Waals surface area contributed by atoms with Gasteiger partial charge < -0.3 is 15.5 Å². The van der Waals surface area contributed by atoms with E-state index in [4.69, 9.17) is 28.2 Å². The molecule has 2 aromatic carbocycles. The van der Waals surface area contributed by atoms with Crippen LogP contribution in [0.1, 0.15) is 17.0 Å². The second-order valence-electron chi connectivity index (χ2n) is 7.99. The highest BCUT2D eigenvalue weighted by Crippen LogP contribution is 2.25. The fourth-order valence-electron chi connectivity index (χ4n) is 3.57. The van der Waals surface area contributed by atoms with E-state index >= 15 is 0 Å². The minimum Gasteiger partial charge on any atom is -0.344 e. The lowest BCUT2D eigenvalue weighted by atomic mass is 10.1. The number of nitrogens with zero attached hydrogens (tertiary/aromatic N) is 4. The van der Waals surface area contributed by atoms with Gasteiger partial charge in [-0.25, -0.2) is 9.78 Å². The number of nitrogens with one attached hydrogen (secondary N) is 2. The summed E-state index contributed by atoms with van der Waals surface area (Å²) in [5.74, 6) is 0.874. The summed E-state index contributed by atoms with van der Waals surface area (Å²) in [5, 5.41) is 7.49. The van der Waals surface area contributed by atoms with Crippen LogP contribution in [0.4, 0.5) is 15.6 Å². The summed E-state index contributed by atoms with van der Waals surface area (Å²) in [5.41, 5.74) is 3.09. The molecule has 0 bridgehead atoms. The van der Waals surface area contributed by atoms with Crippen LogP contribution in [0.2, 0.25) is 10.0 Å². The maximum Gasteiger partial charge on any atom is 0.319 e. The van der Waals surface area contributed by atoms with Crippen molar-refractivity contribution in [2.45, 2.75) is 13.3 Å². The summed E-state index contributed by atoms with van der Waals surface area (Å²) in [7, 11) is 0. The first-order valence-corrected chi connectivity index (χ1v) is 12.3. The van der Waals surface area contributed by atoms with E-state index in [1.165, 1.54) is 22.7 Å². The number of hydrogen-bond acceptors (Lipinski definition) is 6. The number of rotatable bonds is 7. The first-order valence-electron chi connectivity index (χ1n) is 10.8. The lowest BCUT2D eigenvalue weighted by molar-refractivity contribution is 0.240. The van der Waals surface area contributed by atoms with Gasteiger partial charge in [0.1, 0.15) is 5.82 Å². The molecule has 0 saturated carbocycles. The van der Waals surface area contributed by atoms with E-state index < -0.39 is 0 Å². The van der Waals surface area contributed by atoms with E-state index in [9.17, 15) is 4.79 Å². The number of aromatic nitrogens is 2. The number of anilines is 2. The Morgan fingerprint density at radius 2 is 1.82 bits per heavy atom. The Kier molecular flexibility index (Phi) is 8.03. The molecular weight excluding hydrogens is 479 g/mol. The molecule has 0 radical (unpaired) electrons. The van der Waals surface area contributed by atoms with E-state index in [-0.39, 0.29) is 6.03 Å². The third kappa shape index (κ3) is 6.80. The third-order valence-corrected chi connectivity index (χ3v) is 7.03. The minimum absolute atomic E-state index is 0.262. The van der Waals surface area contributed by atoms with Gasteiger partial charge in [0.25, 0.3) is 0 Å². The van der Waals surface area contributed by atoms with Crippen molar-refractivity contribution in [2.75, 3.05) is 49.5 Å². The Hall–Kier alpha value is -2.39. The second kappa shape index (κ2) is 11.2. The average Bonchev–Trinajstić information content (AvgIpc) is 3.27. The first-order chi connectivity index (χ1) is 16.0. The summed E-state index contributed by atoms with van der Waals surface area (Å²) in [6.07, 6.45) is 0.757. The largest absolute Gasteiger partial charge is 0.344 e. The smallest absolute Gasteiger partial charge is 0.319 e. The lowest BCUT2D eigenvalue weighted by Gasteiger charge is -2.34. The van der Waals surface area contributed by atoms with Crippen molar-refractivity contribution in [1.82, 2.24) is 19.6 Å². The summed E-state index contributed by atoms with van der Waals surface area (Å²) >= 11 is 13.3. The van der Waals surface area contributed by atoms with E-state index in [0.717, 1.165) is 50.1 Å². The van der Waals surface area contributed by atoms with Crippen molar-refractivity contribution in [3.63, 3.8) is 0 Å². The number of aryl methyl sites for hydroxylation is 1. The van der Waals surface area contributed by atoms with Gasteiger partial charge in [-0.3, -0.25) is 4.90 Å². The Balaban J connectivity index is 1.17. The van der Waals surface area contributed by atoms with Gasteiger partial charge in [-0.1, -0.05) is 53.0 Å². The third-order valence-electron chi connectivity index (χ3n) is 5.47. The molecule has 174 valence electrons. The van der Waals surface area contributed by atoms with Crippen LogP contribution in [0.25, 0.3) is 0 Å². The first kappa shape index (κ1) is 23.8. The number of carbonyl (C=O) groups is 1. The zero-order valence-corrected chi connectivity index (χ0v) is 20.7. The van der Waals surface area contributed by atoms with Gasteiger partial charge in [-0.15, -0.1) is 0 Å². The highest BCUT2D eigenvalue weighted by atomic mass is 35.5. The highest BCUT2D eigenvalue weighted by Gasteiger charge is 2.20. The fourth-order valence-corrected chi connectivity index (χ4v) is 4.61. The topological polar surface area (TPSA) is 73.4 Å². The molecule has 10 heteroatoms. The van der Waals surface area contributed by atoms with E-state index in [1.807, 2.05) is 0 Å². The zero-order chi connectivity index (χ0) is 23.2. The van der Waals surface area contributed by atoms with Crippen molar-refractivity contribution in [3.05, 3.63) is 69.5 Å². The van der Waals surface area contributed by atoms with Crippen LogP contribution < -0.4 is 15.5 Å². The molecule has 4 rings (SSSR count). The van der Waals surface area contributed by atoms with Crippen LogP contribution >= 0.6 is 34.7 Å². The molecule has 1 aliphatic rings. The quantitative estimate of drug-likeness (QED) is 0.488. The van der Waals surface area contributed by atoms with Crippen LogP contribution in [0.5, 0.6) is 0 Å². The molecule has 2 heterocycles. The van der Waals surface area contributed by atoms with Gasteiger partial charge in [-0.05, 0) is 30.7 Å². The van der Waals surface area contributed by atoms with E-state index in [1.54, 1.807) is 18.2 Å². The summed E-state index contributed by atoms with van der Waals surface area (Å²) in [6.45, 7) is 7.07. The van der Waals surface area contributed by atoms with E-state index in [2.05, 4.69) is 56.0 Å². The molecule has 0 unspecified atom stereocenters.